The molecule has 0 aliphatic heterocycles. The maximum atomic E-state index is 13.1. The molecule has 0 amide bonds. The number of carbonyl (C=O) groups excluding carboxylic acids is 1. The summed E-state index contributed by atoms with van der Waals surface area (Å²) in [7, 11) is 1.26. The van der Waals surface area contributed by atoms with Gasteiger partial charge in [-0.25, -0.2) is 4.79 Å². The summed E-state index contributed by atoms with van der Waals surface area (Å²) in [5.74, 6) is -0.237. The number of carbonyl (C=O) groups is 1. The summed E-state index contributed by atoms with van der Waals surface area (Å²) in [5, 5.41) is 0. The zero-order valence-corrected chi connectivity index (χ0v) is 13.6. The minimum atomic E-state index is -4.61. The van der Waals surface area contributed by atoms with Crippen LogP contribution in [-0.2, 0) is 4.74 Å². The molecule has 0 unspecified atom stereocenters. The van der Waals surface area contributed by atoms with Crippen molar-refractivity contribution in [3.05, 3.63) is 66.4 Å². The first-order chi connectivity index (χ1) is 12.3. The number of furan rings is 2. The summed E-state index contributed by atoms with van der Waals surface area (Å²) in [5.41, 5.74) is -0.440. The van der Waals surface area contributed by atoms with E-state index in [2.05, 4.69) is 11.3 Å². The third-order valence-electron chi connectivity index (χ3n) is 3.73. The van der Waals surface area contributed by atoms with Crippen LogP contribution in [0, 0.1) is 0 Å². The zero-order valence-electron chi connectivity index (χ0n) is 13.6. The first-order valence-electron chi connectivity index (χ1n) is 7.44. The van der Waals surface area contributed by atoms with Gasteiger partial charge >= 0.3 is 12.1 Å². The molecule has 0 saturated carbocycles. The molecule has 0 N–H and O–H groups in total. The van der Waals surface area contributed by atoms with E-state index in [9.17, 15) is 18.0 Å². The average molecular weight is 362 g/mol. The van der Waals surface area contributed by atoms with Crippen molar-refractivity contribution in [1.82, 2.24) is 0 Å². The zero-order chi connectivity index (χ0) is 18.9. The largest absolute Gasteiger partial charge is 0.465 e. The molecule has 0 spiro atoms. The van der Waals surface area contributed by atoms with E-state index in [1.165, 1.54) is 37.6 Å². The maximum absolute atomic E-state index is 13.1. The van der Waals surface area contributed by atoms with Gasteiger partial charge in [-0.3, -0.25) is 0 Å². The van der Waals surface area contributed by atoms with Gasteiger partial charge < -0.3 is 13.6 Å². The monoisotopic (exact) mass is 362 g/mol. The quantitative estimate of drug-likeness (QED) is 0.570. The molecule has 26 heavy (non-hydrogen) atoms. The van der Waals surface area contributed by atoms with Crippen LogP contribution >= 0.6 is 0 Å². The minimum Gasteiger partial charge on any atom is -0.465 e. The Morgan fingerprint density at radius 2 is 1.81 bits per heavy atom. The van der Waals surface area contributed by atoms with Crippen molar-refractivity contribution in [2.45, 2.75) is 6.18 Å². The smallest absolute Gasteiger partial charge is 0.416 e. The fourth-order valence-electron chi connectivity index (χ4n) is 2.39. The standard InChI is InChI=1S/C19H13F3O4/c1-11(19(20,21)22)14-10-16(26-17(14)15-4-3-9-25-15)12-5-7-13(8-6-12)18(23)24-2/h3-10H,1H2,2H3. The summed E-state index contributed by atoms with van der Waals surface area (Å²) >= 11 is 0. The number of hydrogen-bond acceptors (Lipinski definition) is 4. The molecule has 3 aromatic rings. The molecule has 0 atom stereocenters. The highest BCUT2D eigenvalue weighted by Gasteiger charge is 2.36. The third kappa shape index (κ3) is 3.28. The van der Waals surface area contributed by atoms with Crippen molar-refractivity contribution < 1.29 is 31.5 Å². The number of hydrogen-bond donors (Lipinski definition) is 0. The lowest BCUT2D eigenvalue weighted by Gasteiger charge is -2.08. The van der Waals surface area contributed by atoms with Gasteiger partial charge in [0.2, 0.25) is 0 Å². The Morgan fingerprint density at radius 3 is 2.35 bits per heavy atom. The highest BCUT2D eigenvalue weighted by molar-refractivity contribution is 5.90. The van der Waals surface area contributed by atoms with Crippen LogP contribution < -0.4 is 0 Å². The number of ether oxygens (including phenoxy) is 1. The third-order valence-corrected chi connectivity index (χ3v) is 3.73. The Balaban J connectivity index is 2.06. The van der Waals surface area contributed by atoms with Gasteiger partial charge in [-0.1, -0.05) is 18.7 Å². The molecule has 0 fully saturated rings. The number of allylic oxidation sites excluding steroid dienone is 1. The van der Waals surface area contributed by atoms with Gasteiger partial charge in [-0.05, 0) is 30.3 Å². The van der Waals surface area contributed by atoms with E-state index in [0.29, 0.717) is 11.1 Å². The van der Waals surface area contributed by atoms with E-state index < -0.39 is 17.7 Å². The second kappa shape index (κ2) is 6.59. The highest BCUT2D eigenvalue weighted by Crippen LogP contribution is 2.41. The van der Waals surface area contributed by atoms with Crippen molar-refractivity contribution in [1.29, 1.82) is 0 Å². The number of alkyl halides is 3. The lowest BCUT2D eigenvalue weighted by atomic mass is 10.0. The highest BCUT2D eigenvalue weighted by atomic mass is 19.4. The molecule has 4 nitrogen and oxygen atoms in total. The second-order valence-corrected chi connectivity index (χ2v) is 5.38. The van der Waals surface area contributed by atoms with Gasteiger partial charge in [0.1, 0.15) is 5.76 Å². The summed E-state index contributed by atoms with van der Waals surface area (Å²) in [6, 6.07) is 10.4. The van der Waals surface area contributed by atoms with Crippen molar-refractivity contribution in [2.75, 3.05) is 7.11 Å². The van der Waals surface area contributed by atoms with Crippen LogP contribution in [0.25, 0.3) is 28.4 Å². The fraction of sp³-hybridized carbons (Fsp3) is 0.105. The van der Waals surface area contributed by atoms with Gasteiger partial charge in [-0.2, -0.15) is 13.2 Å². The molecule has 0 radical (unpaired) electrons. The average Bonchev–Trinajstić information content (AvgIpc) is 3.29. The predicted molar refractivity (Wildman–Crippen MR) is 88.3 cm³/mol. The van der Waals surface area contributed by atoms with Gasteiger partial charge in [0, 0.05) is 11.1 Å². The Bertz CT molecular complexity index is 932. The van der Waals surface area contributed by atoms with Crippen LogP contribution in [0.15, 0.2) is 64.1 Å². The molecule has 7 heteroatoms. The molecule has 1 aromatic carbocycles. The van der Waals surface area contributed by atoms with Gasteiger partial charge in [-0.15, -0.1) is 0 Å². The Morgan fingerprint density at radius 1 is 1.12 bits per heavy atom. The first kappa shape index (κ1) is 17.6. The van der Waals surface area contributed by atoms with E-state index in [4.69, 9.17) is 8.83 Å². The first-order valence-corrected chi connectivity index (χ1v) is 7.44. The molecule has 0 aliphatic rings. The number of benzene rings is 1. The predicted octanol–water partition coefficient (Wildman–Crippen LogP) is 5.57. The Hall–Kier alpha value is -3.22. The molecule has 0 aliphatic carbocycles. The van der Waals surface area contributed by atoms with Crippen LogP contribution in [0.3, 0.4) is 0 Å². The Kier molecular flexibility index (Phi) is 4.46. The van der Waals surface area contributed by atoms with Gasteiger partial charge in [0.25, 0.3) is 0 Å². The number of rotatable bonds is 4. The summed E-state index contributed by atoms with van der Waals surface area (Å²) in [6.45, 7) is 3.13. The second-order valence-electron chi connectivity index (χ2n) is 5.38. The minimum absolute atomic E-state index is 0.0654. The van der Waals surface area contributed by atoms with Crippen molar-refractivity contribution in [3.63, 3.8) is 0 Å². The van der Waals surface area contributed by atoms with E-state index in [1.54, 1.807) is 18.2 Å². The molecule has 0 saturated heterocycles. The summed E-state index contributed by atoms with van der Waals surface area (Å²) < 4.78 is 54.8. The van der Waals surface area contributed by atoms with Crippen LogP contribution in [0.1, 0.15) is 15.9 Å². The van der Waals surface area contributed by atoms with E-state index >= 15 is 0 Å². The maximum Gasteiger partial charge on any atom is 0.416 e. The van der Waals surface area contributed by atoms with Crippen LogP contribution in [0.2, 0.25) is 0 Å². The number of halogens is 3. The number of methoxy groups -OCH3 is 1. The van der Waals surface area contributed by atoms with Crippen molar-refractivity contribution in [3.8, 4) is 22.8 Å². The van der Waals surface area contributed by atoms with Gasteiger partial charge in [0.15, 0.2) is 11.5 Å². The summed E-state index contributed by atoms with van der Waals surface area (Å²) in [4.78, 5) is 11.5. The van der Waals surface area contributed by atoms with E-state index in [0.717, 1.165) is 0 Å². The molecule has 0 bridgehead atoms. The fourth-order valence-corrected chi connectivity index (χ4v) is 2.39. The van der Waals surface area contributed by atoms with Crippen molar-refractivity contribution in [2.24, 2.45) is 0 Å². The van der Waals surface area contributed by atoms with Crippen LogP contribution in [-0.4, -0.2) is 19.3 Å². The Labute approximate surface area is 146 Å². The summed E-state index contributed by atoms with van der Waals surface area (Å²) in [6.07, 6.45) is -3.28. The van der Waals surface area contributed by atoms with Crippen molar-refractivity contribution >= 4 is 11.5 Å². The molecule has 3 rings (SSSR count). The molecule has 2 heterocycles. The molecular formula is C19H13F3O4. The van der Waals surface area contributed by atoms with Crippen LogP contribution in [0.4, 0.5) is 13.2 Å². The van der Waals surface area contributed by atoms with Gasteiger partial charge in [0.05, 0.1) is 24.5 Å². The lowest BCUT2D eigenvalue weighted by molar-refractivity contribution is -0.0686. The van der Waals surface area contributed by atoms with E-state index in [-0.39, 0.29) is 22.8 Å². The van der Waals surface area contributed by atoms with Crippen LogP contribution in [0.5, 0.6) is 0 Å². The molecule has 2 aromatic heterocycles. The lowest BCUT2D eigenvalue weighted by Crippen LogP contribution is -2.09. The SMILES string of the molecule is C=C(c1cc(-c2ccc(C(=O)OC)cc2)oc1-c1ccco1)C(F)(F)F. The topological polar surface area (TPSA) is 52.6 Å². The van der Waals surface area contributed by atoms with E-state index in [1.807, 2.05) is 0 Å². The number of esters is 1. The molecule has 134 valence electrons. The molecular weight excluding hydrogens is 349 g/mol. The normalized spacial score (nSPS) is 11.4.